The molecule has 188 valence electrons. The molecule has 0 aromatic heterocycles. The van der Waals surface area contributed by atoms with Crippen molar-refractivity contribution in [2.75, 3.05) is 0 Å². The predicted molar refractivity (Wildman–Crippen MR) is 145 cm³/mol. The molecular formula is C30H29ClN4O2. The summed E-state index contributed by atoms with van der Waals surface area (Å²) < 4.78 is 6.03. The first-order valence-electron chi connectivity index (χ1n) is 12.1. The fourth-order valence-corrected chi connectivity index (χ4v) is 5.48. The molecule has 0 atom stereocenters. The maximum Gasteiger partial charge on any atom is 0.251 e. The smallest absolute Gasteiger partial charge is 0.251 e. The number of hydrogen-bond donors (Lipinski definition) is 2. The van der Waals surface area contributed by atoms with Crippen LogP contribution in [0.1, 0.15) is 62.0 Å². The second-order valence-electron chi connectivity index (χ2n) is 10.7. The van der Waals surface area contributed by atoms with Crippen LogP contribution >= 0.6 is 11.6 Å². The number of carbonyl (C=O) groups is 1. The van der Waals surface area contributed by atoms with Crippen LogP contribution in [0.3, 0.4) is 0 Å². The maximum absolute atomic E-state index is 13.0. The number of hydrogen-bond acceptors (Lipinski definition) is 5. The van der Waals surface area contributed by atoms with Gasteiger partial charge >= 0.3 is 0 Å². The summed E-state index contributed by atoms with van der Waals surface area (Å²) in [6.07, 6.45) is 1.64. The summed E-state index contributed by atoms with van der Waals surface area (Å²) in [4.78, 5) is 13.0. The molecule has 1 heterocycles. The lowest BCUT2D eigenvalue weighted by molar-refractivity contribution is 0.0873. The highest BCUT2D eigenvalue weighted by Crippen LogP contribution is 2.36. The van der Waals surface area contributed by atoms with Gasteiger partial charge in [-0.3, -0.25) is 4.79 Å². The Labute approximate surface area is 222 Å². The molecule has 3 aromatic carbocycles. The van der Waals surface area contributed by atoms with Crippen molar-refractivity contribution in [1.29, 1.82) is 10.5 Å². The number of nitrogens with zero attached hydrogens (tertiary/aromatic N) is 2. The molecule has 0 spiro atoms. The van der Waals surface area contributed by atoms with Crippen LogP contribution in [0.5, 0.6) is 11.5 Å². The van der Waals surface area contributed by atoms with Crippen molar-refractivity contribution >= 4 is 17.5 Å². The number of carbonyl (C=O) groups excluding carboxylic acids is 1. The minimum Gasteiger partial charge on any atom is -0.454 e. The highest BCUT2D eigenvalue weighted by molar-refractivity contribution is 6.32. The zero-order valence-corrected chi connectivity index (χ0v) is 22.1. The number of piperidine rings is 1. The molecule has 0 radical (unpaired) electrons. The molecule has 0 saturated carbocycles. The summed E-state index contributed by atoms with van der Waals surface area (Å²) in [7, 11) is 0. The van der Waals surface area contributed by atoms with Crippen molar-refractivity contribution in [3.63, 3.8) is 0 Å². The van der Waals surface area contributed by atoms with Gasteiger partial charge in [0.1, 0.15) is 23.1 Å². The van der Waals surface area contributed by atoms with E-state index >= 15 is 0 Å². The summed E-state index contributed by atoms with van der Waals surface area (Å²) >= 11 is 6.51. The highest BCUT2D eigenvalue weighted by Gasteiger charge is 2.38. The Bertz CT molecular complexity index is 1420. The molecule has 4 rings (SSSR count). The van der Waals surface area contributed by atoms with E-state index in [1.807, 2.05) is 6.07 Å². The van der Waals surface area contributed by atoms with E-state index in [4.69, 9.17) is 16.3 Å². The minimum absolute atomic E-state index is 0.0360. The Hall–Kier alpha value is -3.84. The fraction of sp³-hybridized carbons (Fsp3) is 0.300. The van der Waals surface area contributed by atoms with Crippen molar-refractivity contribution < 1.29 is 9.53 Å². The molecule has 1 aliphatic rings. The van der Waals surface area contributed by atoms with Crippen LogP contribution in [0.2, 0.25) is 5.02 Å². The Balaban J connectivity index is 1.54. The van der Waals surface area contributed by atoms with E-state index in [-0.39, 0.29) is 28.0 Å². The highest BCUT2D eigenvalue weighted by atomic mass is 35.5. The monoisotopic (exact) mass is 512 g/mol. The summed E-state index contributed by atoms with van der Waals surface area (Å²) in [5, 5.41) is 26.2. The molecule has 37 heavy (non-hydrogen) atoms. The van der Waals surface area contributed by atoms with Crippen molar-refractivity contribution in [2.45, 2.75) is 57.7 Å². The van der Waals surface area contributed by atoms with Crippen molar-refractivity contribution in [3.05, 3.63) is 82.4 Å². The first kappa shape index (κ1) is 26.2. The molecule has 1 saturated heterocycles. The lowest BCUT2D eigenvalue weighted by Gasteiger charge is -2.46. The fourth-order valence-electron chi connectivity index (χ4n) is 5.26. The van der Waals surface area contributed by atoms with Crippen LogP contribution < -0.4 is 15.4 Å². The van der Waals surface area contributed by atoms with E-state index < -0.39 is 0 Å². The third-order valence-corrected chi connectivity index (χ3v) is 6.68. The standard InChI is InChI=1S/C30H29ClN4O2/c1-29(2)15-22(16-30(3,4)35-29)34-28(36)21-11-12-27(25(31)14-21)37-26-10-6-9-23(24(26)18-33)20-8-5-7-19(13-20)17-32/h5-14,22,35H,15-16H2,1-4H3,(H,34,36). The van der Waals surface area contributed by atoms with Crippen LogP contribution in [0.4, 0.5) is 0 Å². The van der Waals surface area contributed by atoms with Crippen LogP contribution in [-0.2, 0) is 0 Å². The average Bonchev–Trinajstić information content (AvgIpc) is 2.83. The lowest BCUT2D eigenvalue weighted by Crippen LogP contribution is -2.62. The number of ether oxygens (including phenoxy) is 1. The molecule has 6 nitrogen and oxygen atoms in total. The lowest BCUT2D eigenvalue weighted by atomic mass is 9.79. The molecule has 0 bridgehead atoms. The molecule has 3 aromatic rings. The van der Waals surface area contributed by atoms with Gasteiger partial charge in [-0.15, -0.1) is 0 Å². The Morgan fingerprint density at radius 3 is 2.32 bits per heavy atom. The third kappa shape index (κ3) is 6.12. The van der Waals surface area contributed by atoms with Gasteiger partial charge in [0.05, 0.1) is 16.7 Å². The molecule has 2 N–H and O–H groups in total. The predicted octanol–water partition coefficient (Wildman–Crippen LogP) is 6.58. The van der Waals surface area contributed by atoms with Crippen molar-refractivity contribution in [1.82, 2.24) is 10.6 Å². The third-order valence-electron chi connectivity index (χ3n) is 6.38. The van der Waals surface area contributed by atoms with Crippen LogP contribution in [0.15, 0.2) is 60.7 Å². The van der Waals surface area contributed by atoms with Gasteiger partial charge < -0.3 is 15.4 Å². The molecular weight excluding hydrogens is 484 g/mol. The Morgan fingerprint density at radius 2 is 1.68 bits per heavy atom. The normalized spacial score (nSPS) is 16.3. The number of benzene rings is 3. The first-order chi connectivity index (χ1) is 17.5. The topological polar surface area (TPSA) is 97.9 Å². The van der Waals surface area contributed by atoms with Gasteiger partial charge in [0.2, 0.25) is 0 Å². The molecule has 7 heteroatoms. The van der Waals surface area contributed by atoms with Gasteiger partial charge in [0.25, 0.3) is 5.91 Å². The van der Waals surface area contributed by atoms with Crippen molar-refractivity contribution in [2.24, 2.45) is 0 Å². The molecule has 0 aliphatic carbocycles. The zero-order chi connectivity index (χ0) is 26.8. The number of nitriles is 2. The summed E-state index contributed by atoms with van der Waals surface area (Å²) in [6.45, 7) is 8.56. The summed E-state index contributed by atoms with van der Waals surface area (Å²) in [5.74, 6) is 0.478. The van der Waals surface area contributed by atoms with E-state index in [1.165, 1.54) is 0 Å². The molecule has 1 aliphatic heterocycles. The number of amides is 1. The Kier molecular flexibility index (Phi) is 7.28. The summed E-state index contributed by atoms with van der Waals surface area (Å²) in [5.41, 5.74) is 2.48. The van der Waals surface area contributed by atoms with Gasteiger partial charge in [-0.25, -0.2) is 0 Å². The van der Waals surface area contributed by atoms with Gasteiger partial charge in [-0.1, -0.05) is 35.9 Å². The molecule has 0 unspecified atom stereocenters. The van der Waals surface area contributed by atoms with Gasteiger partial charge in [-0.2, -0.15) is 10.5 Å². The van der Waals surface area contributed by atoms with E-state index in [9.17, 15) is 15.3 Å². The van der Waals surface area contributed by atoms with E-state index in [0.29, 0.717) is 33.8 Å². The second-order valence-corrected chi connectivity index (χ2v) is 11.1. The molecule has 1 amide bonds. The first-order valence-corrected chi connectivity index (χ1v) is 12.5. The second kappa shape index (κ2) is 10.3. The van der Waals surface area contributed by atoms with Crippen LogP contribution in [0, 0.1) is 22.7 Å². The van der Waals surface area contributed by atoms with Crippen LogP contribution in [-0.4, -0.2) is 23.0 Å². The SMILES string of the molecule is CC1(C)CC(NC(=O)c2ccc(Oc3cccc(-c4cccc(C#N)c4)c3C#N)c(Cl)c2)CC(C)(C)N1. The van der Waals surface area contributed by atoms with Crippen molar-refractivity contribution in [3.8, 4) is 34.8 Å². The maximum atomic E-state index is 13.0. The van der Waals surface area contributed by atoms with E-state index in [1.54, 1.807) is 54.6 Å². The minimum atomic E-state index is -0.191. The van der Waals surface area contributed by atoms with E-state index in [0.717, 1.165) is 18.4 Å². The van der Waals surface area contributed by atoms with Gasteiger partial charge in [-0.05, 0) is 82.5 Å². The molecule has 1 fully saturated rings. The Morgan fingerprint density at radius 1 is 0.973 bits per heavy atom. The largest absolute Gasteiger partial charge is 0.454 e. The zero-order valence-electron chi connectivity index (χ0n) is 21.4. The van der Waals surface area contributed by atoms with Gasteiger partial charge in [0, 0.05) is 28.2 Å². The van der Waals surface area contributed by atoms with Gasteiger partial charge in [0.15, 0.2) is 0 Å². The number of rotatable bonds is 5. The van der Waals surface area contributed by atoms with Crippen LogP contribution in [0.25, 0.3) is 11.1 Å². The average molecular weight is 513 g/mol. The number of nitrogens with one attached hydrogen (secondary N) is 2. The number of halogens is 1. The van der Waals surface area contributed by atoms with E-state index in [2.05, 4.69) is 50.5 Å². The quantitative estimate of drug-likeness (QED) is 0.402. The summed E-state index contributed by atoms with van der Waals surface area (Å²) in [6, 6.07) is 21.6.